The molecule has 114 valence electrons. The Kier molecular flexibility index (Phi) is 4.33. The molecule has 21 heavy (non-hydrogen) atoms. The van der Waals surface area contributed by atoms with Crippen molar-refractivity contribution in [2.24, 2.45) is 7.05 Å². The highest BCUT2D eigenvalue weighted by molar-refractivity contribution is 6.33. The molecule has 10 heteroatoms. The van der Waals surface area contributed by atoms with Crippen LogP contribution in [0.2, 0.25) is 5.02 Å². The monoisotopic (exact) mass is 321 g/mol. The van der Waals surface area contributed by atoms with E-state index in [0.29, 0.717) is 12.0 Å². The van der Waals surface area contributed by atoms with Crippen molar-refractivity contribution >= 4 is 17.4 Å². The Morgan fingerprint density at radius 1 is 1.48 bits per heavy atom. The van der Waals surface area contributed by atoms with E-state index in [-0.39, 0.29) is 17.4 Å². The molecule has 0 aliphatic rings. The van der Waals surface area contributed by atoms with Gasteiger partial charge in [0.2, 0.25) is 0 Å². The highest BCUT2D eigenvalue weighted by Gasteiger charge is 2.31. The van der Waals surface area contributed by atoms with Gasteiger partial charge in [0.25, 0.3) is 0 Å². The molecular formula is C11H11ClF3N5O. The molecule has 0 saturated heterocycles. The fourth-order valence-electron chi connectivity index (χ4n) is 1.66. The van der Waals surface area contributed by atoms with E-state index < -0.39 is 17.8 Å². The summed E-state index contributed by atoms with van der Waals surface area (Å²) in [4.78, 5) is 3.64. The van der Waals surface area contributed by atoms with Gasteiger partial charge in [0.1, 0.15) is 18.2 Å². The van der Waals surface area contributed by atoms with Crippen molar-refractivity contribution in [1.82, 2.24) is 19.7 Å². The van der Waals surface area contributed by atoms with Gasteiger partial charge in [-0.25, -0.2) is 4.98 Å². The first-order valence-electron chi connectivity index (χ1n) is 5.77. The Bertz CT molecular complexity index is 631. The molecule has 0 radical (unpaired) electrons. The average molecular weight is 322 g/mol. The molecule has 0 aliphatic heterocycles. The van der Waals surface area contributed by atoms with Crippen LogP contribution in [0.15, 0.2) is 18.6 Å². The summed E-state index contributed by atoms with van der Waals surface area (Å²) in [6, 6.07) is 0.0707. The summed E-state index contributed by atoms with van der Waals surface area (Å²) in [6.07, 6.45) is -2.42. The number of aromatic nitrogens is 4. The van der Waals surface area contributed by atoms with Crippen LogP contribution in [0, 0.1) is 0 Å². The fraction of sp³-hybridized carbons (Fsp3) is 0.364. The number of anilines is 1. The lowest BCUT2D eigenvalue weighted by Crippen LogP contribution is -2.20. The van der Waals surface area contributed by atoms with Crippen LogP contribution in [0.3, 0.4) is 0 Å². The van der Waals surface area contributed by atoms with E-state index in [0.717, 1.165) is 6.07 Å². The molecule has 0 unspecified atom stereocenters. The third kappa shape index (κ3) is 3.42. The molecule has 0 amide bonds. The minimum atomic E-state index is -4.52. The van der Waals surface area contributed by atoms with Gasteiger partial charge in [0.05, 0.1) is 17.2 Å². The van der Waals surface area contributed by atoms with Crippen LogP contribution >= 0.6 is 11.6 Å². The summed E-state index contributed by atoms with van der Waals surface area (Å²) in [5.74, 6) is 0.419. The van der Waals surface area contributed by atoms with Crippen molar-refractivity contribution < 1.29 is 18.3 Å². The van der Waals surface area contributed by atoms with E-state index >= 15 is 0 Å². The van der Waals surface area contributed by atoms with Gasteiger partial charge >= 0.3 is 6.18 Å². The molecule has 0 aromatic carbocycles. The molecule has 2 heterocycles. The van der Waals surface area contributed by atoms with Gasteiger partial charge in [-0.2, -0.15) is 13.2 Å². The predicted octanol–water partition coefficient (Wildman–Crippen LogP) is 2.03. The van der Waals surface area contributed by atoms with Crippen LogP contribution in [-0.2, 0) is 13.2 Å². The van der Waals surface area contributed by atoms with E-state index in [1.165, 1.54) is 6.33 Å². The number of alkyl halides is 3. The van der Waals surface area contributed by atoms with Gasteiger partial charge in [0.15, 0.2) is 5.82 Å². The first-order valence-corrected chi connectivity index (χ1v) is 6.14. The summed E-state index contributed by atoms with van der Waals surface area (Å²) in [5, 5.41) is 19.4. The molecule has 1 atom stereocenters. The summed E-state index contributed by atoms with van der Waals surface area (Å²) in [7, 11) is 1.67. The molecule has 0 spiro atoms. The third-order valence-electron chi connectivity index (χ3n) is 2.72. The lowest BCUT2D eigenvalue weighted by Gasteiger charge is -2.17. The standard InChI is InChI=1S/C11H11ClF3N5O/c1-20-5-17-19-10(20)8(4-21)18-9-7(12)2-6(3-16-9)11(13,14)15/h2-3,5,8,21H,4H2,1H3,(H,16,18)/t8-/m1/s1. The van der Waals surface area contributed by atoms with Gasteiger partial charge in [-0.05, 0) is 6.07 Å². The predicted molar refractivity (Wildman–Crippen MR) is 68.7 cm³/mol. The van der Waals surface area contributed by atoms with E-state index in [1.54, 1.807) is 11.6 Å². The molecule has 2 N–H and O–H groups in total. The number of hydrogen-bond acceptors (Lipinski definition) is 5. The maximum atomic E-state index is 12.5. The highest BCUT2D eigenvalue weighted by atomic mass is 35.5. The normalized spacial score (nSPS) is 13.2. The van der Waals surface area contributed by atoms with Crippen molar-refractivity contribution in [3.05, 3.63) is 35.0 Å². The van der Waals surface area contributed by atoms with Crippen LogP contribution in [0.25, 0.3) is 0 Å². The second-order valence-electron chi connectivity index (χ2n) is 4.23. The summed E-state index contributed by atoms with van der Waals surface area (Å²) >= 11 is 5.79. The van der Waals surface area contributed by atoms with Crippen molar-refractivity contribution in [3.8, 4) is 0 Å². The Morgan fingerprint density at radius 2 is 2.19 bits per heavy atom. The largest absolute Gasteiger partial charge is 0.417 e. The van der Waals surface area contributed by atoms with E-state index in [9.17, 15) is 18.3 Å². The molecule has 0 bridgehead atoms. The zero-order valence-electron chi connectivity index (χ0n) is 10.8. The zero-order valence-corrected chi connectivity index (χ0v) is 11.5. The van der Waals surface area contributed by atoms with Crippen molar-refractivity contribution in [1.29, 1.82) is 0 Å². The lowest BCUT2D eigenvalue weighted by molar-refractivity contribution is -0.137. The summed E-state index contributed by atoms with van der Waals surface area (Å²) in [6.45, 7) is -0.356. The Hall–Kier alpha value is -1.87. The molecule has 0 fully saturated rings. The van der Waals surface area contributed by atoms with E-state index in [1.807, 2.05) is 0 Å². The fourth-order valence-corrected chi connectivity index (χ4v) is 1.88. The Labute approximate surface area is 122 Å². The minimum absolute atomic E-state index is 0.0201. The molecule has 2 aromatic rings. The van der Waals surface area contributed by atoms with Crippen LogP contribution in [0.5, 0.6) is 0 Å². The van der Waals surface area contributed by atoms with E-state index in [2.05, 4.69) is 20.5 Å². The van der Waals surface area contributed by atoms with Gasteiger partial charge < -0.3 is 15.0 Å². The number of pyridine rings is 1. The van der Waals surface area contributed by atoms with E-state index in [4.69, 9.17) is 11.6 Å². The van der Waals surface area contributed by atoms with Crippen LogP contribution < -0.4 is 5.32 Å². The molecule has 0 aliphatic carbocycles. The third-order valence-corrected chi connectivity index (χ3v) is 3.01. The number of nitrogens with one attached hydrogen (secondary N) is 1. The minimum Gasteiger partial charge on any atom is -0.394 e. The number of hydrogen-bond donors (Lipinski definition) is 2. The second-order valence-corrected chi connectivity index (χ2v) is 4.64. The summed E-state index contributed by atoms with van der Waals surface area (Å²) in [5.41, 5.74) is -0.947. The number of nitrogens with zero attached hydrogens (tertiary/aromatic N) is 4. The first kappa shape index (κ1) is 15.5. The SMILES string of the molecule is Cn1cnnc1[C@@H](CO)Nc1ncc(C(F)(F)F)cc1Cl. The molecule has 2 rings (SSSR count). The number of rotatable bonds is 4. The van der Waals surface area contributed by atoms with Crippen LogP contribution in [-0.4, -0.2) is 31.5 Å². The highest BCUT2D eigenvalue weighted by Crippen LogP contribution is 2.33. The van der Waals surface area contributed by atoms with Gasteiger partial charge in [-0.3, -0.25) is 0 Å². The van der Waals surface area contributed by atoms with Gasteiger partial charge in [-0.1, -0.05) is 11.6 Å². The quantitative estimate of drug-likeness (QED) is 0.901. The number of aliphatic hydroxyl groups is 1. The zero-order chi connectivity index (χ0) is 15.6. The van der Waals surface area contributed by atoms with Crippen molar-refractivity contribution in [2.45, 2.75) is 12.2 Å². The summed E-state index contributed by atoms with van der Waals surface area (Å²) < 4.78 is 39.1. The lowest BCUT2D eigenvalue weighted by atomic mass is 10.2. The second kappa shape index (κ2) is 5.86. The maximum absolute atomic E-state index is 12.5. The van der Waals surface area contributed by atoms with Crippen LogP contribution in [0.4, 0.5) is 19.0 Å². The topological polar surface area (TPSA) is 75.9 Å². The first-order chi connectivity index (χ1) is 9.82. The molecule has 2 aromatic heterocycles. The molecular weight excluding hydrogens is 311 g/mol. The number of aryl methyl sites for hydroxylation is 1. The number of halogens is 4. The Morgan fingerprint density at radius 3 is 2.67 bits per heavy atom. The Balaban J connectivity index is 2.25. The number of aliphatic hydroxyl groups excluding tert-OH is 1. The molecule has 0 saturated carbocycles. The average Bonchev–Trinajstić information content (AvgIpc) is 2.82. The maximum Gasteiger partial charge on any atom is 0.417 e. The van der Waals surface area contributed by atoms with Crippen LogP contribution in [0.1, 0.15) is 17.4 Å². The van der Waals surface area contributed by atoms with Gasteiger partial charge in [0, 0.05) is 13.2 Å². The van der Waals surface area contributed by atoms with Gasteiger partial charge in [-0.15, -0.1) is 10.2 Å². The molecule has 6 nitrogen and oxygen atoms in total. The van der Waals surface area contributed by atoms with Crippen molar-refractivity contribution in [3.63, 3.8) is 0 Å². The smallest absolute Gasteiger partial charge is 0.394 e. The van der Waals surface area contributed by atoms with Crippen molar-refractivity contribution in [2.75, 3.05) is 11.9 Å².